The summed E-state index contributed by atoms with van der Waals surface area (Å²) in [6.45, 7) is 0. The van der Waals surface area contributed by atoms with Gasteiger partial charge in [-0.3, -0.25) is 9.52 Å². The van der Waals surface area contributed by atoms with E-state index in [-0.39, 0.29) is 12.2 Å². The number of rotatable bonds is 7. The maximum atomic E-state index is 11.6. The number of benzene rings is 1. The lowest BCUT2D eigenvalue weighted by atomic mass is 10.3. The molecule has 0 aromatic heterocycles. The second-order valence-electron chi connectivity index (χ2n) is 3.64. The molecule has 1 rings (SSSR count). The van der Waals surface area contributed by atoms with Gasteiger partial charge >= 0.3 is 5.97 Å². The Balaban J connectivity index is 2.39. The van der Waals surface area contributed by atoms with E-state index in [9.17, 15) is 13.2 Å². The normalized spacial score (nSPS) is 11.1. The van der Waals surface area contributed by atoms with Crippen molar-refractivity contribution in [2.45, 2.75) is 19.3 Å². The lowest BCUT2D eigenvalue weighted by Gasteiger charge is -2.07. The van der Waals surface area contributed by atoms with E-state index in [1.165, 1.54) is 0 Å². The van der Waals surface area contributed by atoms with Crippen LogP contribution in [0.2, 0.25) is 0 Å². The number of hydrogen-bond donors (Lipinski definition) is 2. The summed E-state index contributed by atoms with van der Waals surface area (Å²) in [4.78, 5) is 10.2. The maximum absolute atomic E-state index is 11.6. The van der Waals surface area contributed by atoms with Crippen LogP contribution in [0.15, 0.2) is 30.3 Å². The summed E-state index contributed by atoms with van der Waals surface area (Å²) in [5.74, 6) is -0.965. The highest BCUT2D eigenvalue weighted by atomic mass is 32.2. The van der Waals surface area contributed by atoms with E-state index in [1.54, 1.807) is 30.3 Å². The lowest BCUT2D eigenvalue weighted by Crippen LogP contribution is -2.16. The van der Waals surface area contributed by atoms with Gasteiger partial charge in [-0.15, -0.1) is 0 Å². The molecule has 0 aliphatic carbocycles. The fourth-order valence-corrected chi connectivity index (χ4v) is 2.49. The number of para-hydroxylation sites is 1. The van der Waals surface area contributed by atoms with Crippen molar-refractivity contribution in [3.8, 4) is 0 Å². The number of hydrogen-bond acceptors (Lipinski definition) is 3. The fourth-order valence-electron chi connectivity index (χ4n) is 1.31. The van der Waals surface area contributed by atoms with Crippen molar-refractivity contribution in [3.63, 3.8) is 0 Å². The Kier molecular flexibility index (Phi) is 4.96. The Morgan fingerprint density at radius 3 is 2.41 bits per heavy atom. The first-order chi connectivity index (χ1) is 7.99. The monoisotopic (exact) mass is 257 g/mol. The minimum absolute atomic E-state index is 0.000850. The third-order valence-electron chi connectivity index (χ3n) is 2.10. The maximum Gasteiger partial charge on any atom is 0.303 e. The molecule has 0 heterocycles. The minimum atomic E-state index is -3.38. The van der Waals surface area contributed by atoms with E-state index in [0.29, 0.717) is 18.5 Å². The highest BCUT2D eigenvalue weighted by Gasteiger charge is 2.10. The number of carboxylic acids is 1. The average molecular weight is 257 g/mol. The van der Waals surface area contributed by atoms with Gasteiger partial charge in [0.15, 0.2) is 0 Å². The summed E-state index contributed by atoms with van der Waals surface area (Å²) in [5.41, 5.74) is 0.519. The molecular weight excluding hydrogens is 242 g/mol. The number of carboxylic acid groups (broad SMARTS) is 1. The van der Waals surface area contributed by atoms with Crippen molar-refractivity contribution in [2.75, 3.05) is 10.5 Å². The summed E-state index contributed by atoms with van der Waals surface area (Å²) in [6.07, 6.45) is 0.709. The molecule has 0 fully saturated rings. The van der Waals surface area contributed by atoms with Gasteiger partial charge in [0.25, 0.3) is 0 Å². The van der Waals surface area contributed by atoms with Gasteiger partial charge in [-0.2, -0.15) is 0 Å². The number of nitrogens with one attached hydrogen (secondary N) is 1. The molecule has 1 aromatic rings. The Bertz CT molecular complexity index is 456. The average Bonchev–Trinajstić information content (AvgIpc) is 2.25. The van der Waals surface area contributed by atoms with Crippen LogP contribution in [-0.4, -0.2) is 25.2 Å². The van der Waals surface area contributed by atoms with E-state index in [2.05, 4.69) is 4.72 Å². The number of aliphatic carboxylic acids is 1. The molecule has 6 heteroatoms. The fraction of sp³-hybridized carbons (Fsp3) is 0.364. The van der Waals surface area contributed by atoms with Crippen LogP contribution >= 0.6 is 0 Å². The first-order valence-electron chi connectivity index (χ1n) is 5.27. The smallest absolute Gasteiger partial charge is 0.303 e. The van der Waals surface area contributed by atoms with Gasteiger partial charge in [-0.1, -0.05) is 18.2 Å². The van der Waals surface area contributed by atoms with Crippen molar-refractivity contribution in [1.29, 1.82) is 0 Å². The van der Waals surface area contributed by atoms with Crippen molar-refractivity contribution in [1.82, 2.24) is 0 Å². The van der Waals surface area contributed by atoms with Crippen molar-refractivity contribution in [2.24, 2.45) is 0 Å². The molecule has 0 radical (unpaired) electrons. The van der Waals surface area contributed by atoms with Crippen molar-refractivity contribution >= 4 is 21.7 Å². The molecule has 0 unspecified atom stereocenters. The molecule has 94 valence electrons. The molecule has 0 saturated heterocycles. The van der Waals surface area contributed by atoms with Crippen LogP contribution in [0.3, 0.4) is 0 Å². The third-order valence-corrected chi connectivity index (χ3v) is 3.47. The van der Waals surface area contributed by atoms with Gasteiger partial charge < -0.3 is 5.11 Å². The van der Waals surface area contributed by atoms with E-state index in [4.69, 9.17) is 5.11 Å². The zero-order chi connectivity index (χ0) is 12.7. The molecular formula is C11H15NO4S. The number of unbranched alkanes of at least 4 members (excludes halogenated alkanes) is 1. The van der Waals surface area contributed by atoms with Crippen molar-refractivity contribution in [3.05, 3.63) is 30.3 Å². The summed E-state index contributed by atoms with van der Waals surface area (Å²) >= 11 is 0. The van der Waals surface area contributed by atoms with Crippen LogP contribution in [-0.2, 0) is 14.8 Å². The summed E-state index contributed by atoms with van der Waals surface area (Å²) in [6, 6.07) is 8.60. The lowest BCUT2D eigenvalue weighted by molar-refractivity contribution is -0.137. The van der Waals surface area contributed by atoms with Crippen LogP contribution in [0, 0.1) is 0 Å². The Morgan fingerprint density at radius 1 is 1.18 bits per heavy atom. The van der Waals surface area contributed by atoms with Crippen molar-refractivity contribution < 1.29 is 18.3 Å². The number of sulfonamides is 1. The van der Waals surface area contributed by atoms with Crippen LogP contribution in [0.5, 0.6) is 0 Å². The predicted octanol–water partition coefficient (Wildman–Crippen LogP) is 1.68. The van der Waals surface area contributed by atoms with E-state index < -0.39 is 16.0 Å². The second kappa shape index (κ2) is 6.24. The molecule has 5 nitrogen and oxygen atoms in total. The molecule has 2 N–H and O–H groups in total. The topological polar surface area (TPSA) is 83.5 Å². The predicted molar refractivity (Wildman–Crippen MR) is 65.3 cm³/mol. The molecule has 0 aliphatic heterocycles. The SMILES string of the molecule is O=C(O)CCCCS(=O)(=O)Nc1ccccc1. The quantitative estimate of drug-likeness (QED) is 0.728. The first-order valence-corrected chi connectivity index (χ1v) is 6.92. The van der Waals surface area contributed by atoms with E-state index in [0.717, 1.165) is 0 Å². The van der Waals surface area contributed by atoms with Crippen LogP contribution < -0.4 is 4.72 Å². The second-order valence-corrected chi connectivity index (χ2v) is 5.48. The van der Waals surface area contributed by atoms with E-state index in [1.807, 2.05) is 0 Å². The Morgan fingerprint density at radius 2 is 1.82 bits per heavy atom. The Hall–Kier alpha value is -1.56. The highest BCUT2D eigenvalue weighted by Crippen LogP contribution is 2.09. The zero-order valence-electron chi connectivity index (χ0n) is 9.30. The van der Waals surface area contributed by atoms with Gasteiger partial charge in [-0.05, 0) is 25.0 Å². The molecule has 0 atom stereocenters. The third kappa shape index (κ3) is 5.91. The summed E-state index contributed by atoms with van der Waals surface area (Å²) in [5, 5.41) is 8.41. The minimum Gasteiger partial charge on any atom is -0.481 e. The first kappa shape index (κ1) is 13.5. The number of anilines is 1. The Labute approximate surface area is 101 Å². The molecule has 0 saturated carbocycles. The van der Waals surface area contributed by atoms with Gasteiger partial charge in [0, 0.05) is 12.1 Å². The standard InChI is InChI=1S/C11H15NO4S/c13-11(14)8-4-5-9-17(15,16)12-10-6-2-1-3-7-10/h1-3,6-7,12H,4-5,8-9H2,(H,13,14). The molecule has 0 spiro atoms. The summed E-state index contributed by atoms with van der Waals surface area (Å²) < 4.78 is 25.6. The van der Waals surface area contributed by atoms with E-state index >= 15 is 0 Å². The van der Waals surface area contributed by atoms with Crippen LogP contribution in [0.25, 0.3) is 0 Å². The molecule has 17 heavy (non-hydrogen) atoms. The molecule has 1 aromatic carbocycles. The molecule has 0 amide bonds. The van der Waals surface area contributed by atoms with Gasteiger partial charge in [0.1, 0.15) is 0 Å². The highest BCUT2D eigenvalue weighted by molar-refractivity contribution is 7.92. The van der Waals surface area contributed by atoms with Crippen LogP contribution in [0.1, 0.15) is 19.3 Å². The van der Waals surface area contributed by atoms with Gasteiger partial charge in [0.05, 0.1) is 5.75 Å². The van der Waals surface area contributed by atoms with Gasteiger partial charge in [0.2, 0.25) is 10.0 Å². The largest absolute Gasteiger partial charge is 0.481 e. The van der Waals surface area contributed by atoms with Crippen LogP contribution in [0.4, 0.5) is 5.69 Å². The number of carbonyl (C=O) groups is 1. The molecule has 0 bridgehead atoms. The zero-order valence-corrected chi connectivity index (χ0v) is 10.1. The molecule has 0 aliphatic rings. The van der Waals surface area contributed by atoms with Gasteiger partial charge in [-0.25, -0.2) is 8.42 Å². The summed E-state index contributed by atoms with van der Waals surface area (Å²) in [7, 11) is -3.38.